The van der Waals surface area contributed by atoms with Gasteiger partial charge in [0.25, 0.3) is 0 Å². The first-order chi connectivity index (χ1) is 5.83. The van der Waals surface area contributed by atoms with E-state index in [4.69, 9.17) is 4.74 Å². The molecule has 3 nitrogen and oxygen atoms in total. The van der Waals surface area contributed by atoms with Gasteiger partial charge in [0.1, 0.15) is 0 Å². The molecule has 3 rings (SSSR count). The Morgan fingerprint density at radius 3 is 2.92 bits per heavy atom. The molecule has 2 fully saturated rings. The highest BCUT2D eigenvalue weighted by atomic mass is 16.5. The number of fused-ring (bicyclic) bond motifs is 3. The predicted molar refractivity (Wildman–Crippen MR) is 42.6 cm³/mol. The number of methoxy groups -OCH3 is 1. The van der Waals surface area contributed by atoms with Crippen molar-refractivity contribution >= 4 is 6.09 Å². The fourth-order valence-electron chi connectivity index (χ4n) is 2.53. The number of piperidine rings is 1. The van der Waals surface area contributed by atoms with Gasteiger partial charge in [-0.2, -0.15) is 0 Å². The number of ether oxygens (including phenoxy) is 1. The standard InChI is InChI=1S/C9H11NO2/c1-12-9(11)10-7-3-2-5(7)6-4-8(6)10/h2-3,5-8H,4H2,1H3/t5-,6+,7+,8+/m1/s1. The average molecular weight is 165 g/mol. The van der Waals surface area contributed by atoms with Crippen LogP contribution in [0.5, 0.6) is 0 Å². The molecule has 1 amide bonds. The summed E-state index contributed by atoms with van der Waals surface area (Å²) >= 11 is 0. The van der Waals surface area contributed by atoms with Gasteiger partial charge < -0.3 is 4.74 Å². The maximum atomic E-state index is 11.3. The molecular weight excluding hydrogens is 154 g/mol. The SMILES string of the molecule is COC(=O)N1[C@H]2C=C[C@@H]2[C@@H]2C[C@@H]21. The van der Waals surface area contributed by atoms with E-state index in [1.165, 1.54) is 13.5 Å². The molecule has 0 aromatic rings. The van der Waals surface area contributed by atoms with Gasteiger partial charge in [0, 0.05) is 12.0 Å². The first-order valence-electron chi connectivity index (χ1n) is 4.37. The smallest absolute Gasteiger partial charge is 0.410 e. The summed E-state index contributed by atoms with van der Waals surface area (Å²) in [4.78, 5) is 13.2. The van der Waals surface area contributed by atoms with Crippen molar-refractivity contribution in [2.75, 3.05) is 7.11 Å². The number of nitrogens with zero attached hydrogens (tertiary/aromatic N) is 1. The van der Waals surface area contributed by atoms with Gasteiger partial charge in [0.05, 0.1) is 13.2 Å². The van der Waals surface area contributed by atoms with Gasteiger partial charge in [0.2, 0.25) is 0 Å². The van der Waals surface area contributed by atoms with Crippen LogP contribution in [-0.2, 0) is 4.74 Å². The van der Waals surface area contributed by atoms with Gasteiger partial charge in [-0.25, -0.2) is 4.79 Å². The first kappa shape index (κ1) is 6.52. The normalized spacial score (nSPS) is 46.2. The molecule has 0 bridgehead atoms. The van der Waals surface area contributed by atoms with Crippen LogP contribution < -0.4 is 0 Å². The maximum absolute atomic E-state index is 11.3. The number of carbonyl (C=O) groups is 1. The molecule has 4 atom stereocenters. The molecule has 0 N–H and O–H groups in total. The fraction of sp³-hybridized carbons (Fsp3) is 0.667. The summed E-state index contributed by atoms with van der Waals surface area (Å²) in [6.07, 6.45) is 5.35. The van der Waals surface area contributed by atoms with E-state index < -0.39 is 0 Å². The monoisotopic (exact) mass is 165 g/mol. The van der Waals surface area contributed by atoms with Crippen molar-refractivity contribution in [1.82, 2.24) is 4.90 Å². The second-order valence-corrected chi connectivity index (χ2v) is 3.80. The van der Waals surface area contributed by atoms with Crippen LogP contribution in [0, 0.1) is 11.8 Å². The molecule has 0 unspecified atom stereocenters. The van der Waals surface area contributed by atoms with E-state index >= 15 is 0 Å². The second-order valence-electron chi connectivity index (χ2n) is 3.80. The van der Waals surface area contributed by atoms with E-state index in [-0.39, 0.29) is 6.09 Å². The highest BCUT2D eigenvalue weighted by Crippen LogP contribution is 2.56. The van der Waals surface area contributed by atoms with Crippen molar-refractivity contribution in [3.05, 3.63) is 12.2 Å². The van der Waals surface area contributed by atoms with E-state index in [9.17, 15) is 4.79 Å². The Bertz CT molecular complexity index is 274. The van der Waals surface area contributed by atoms with Crippen LogP contribution in [0.4, 0.5) is 4.79 Å². The maximum Gasteiger partial charge on any atom is 0.410 e. The van der Waals surface area contributed by atoms with Gasteiger partial charge in [-0.15, -0.1) is 0 Å². The van der Waals surface area contributed by atoms with E-state index in [0.29, 0.717) is 18.0 Å². The summed E-state index contributed by atoms with van der Waals surface area (Å²) in [5.41, 5.74) is 0. The lowest BCUT2D eigenvalue weighted by atomic mass is 9.87. The summed E-state index contributed by atoms with van der Waals surface area (Å²) in [7, 11) is 1.45. The van der Waals surface area contributed by atoms with Crippen molar-refractivity contribution in [3.63, 3.8) is 0 Å². The van der Waals surface area contributed by atoms with Gasteiger partial charge in [-0.05, 0) is 12.3 Å². The number of rotatable bonds is 0. The Labute approximate surface area is 71.0 Å². The van der Waals surface area contributed by atoms with Crippen molar-refractivity contribution in [1.29, 1.82) is 0 Å². The average Bonchev–Trinajstić information content (AvgIpc) is 2.72. The highest BCUT2D eigenvalue weighted by molar-refractivity contribution is 5.71. The van der Waals surface area contributed by atoms with Crippen LogP contribution in [0.15, 0.2) is 12.2 Å². The minimum atomic E-state index is -0.153. The van der Waals surface area contributed by atoms with Crippen LogP contribution in [0.2, 0.25) is 0 Å². The zero-order chi connectivity index (χ0) is 8.29. The van der Waals surface area contributed by atoms with Crippen molar-refractivity contribution in [3.8, 4) is 0 Å². The molecular formula is C9H11NO2. The lowest BCUT2D eigenvalue weighted by Gasteiger charge is -2.32. The van der Waals surface area contributed by atoms with E-state index in [1.807, 2.05) is 4.90 Å². The summed E-state index contributed by atoms with van der Waals surface area (Å²) < 4.78 is 4.74. The Balaban J connectivity index is 1.87. The van der Waals surface area contributed by atoms with Gasteiger partial charge in [-0.1, -0.05) is 12.2 Å². The molecule has 0 radical (unpaired) electrons. The Morgan fingerprint density at radius 1 is 1.58 bits per heavy atom. The zero-order valence-electron chi connectivity index (χ0n) is 6.93. The first-order valence-corrected chi connectivity index (χ1v) is 4.37. The largest absolute Gasteiger partial charge is 0.453 e. The molecule has 1 saturated heterocycles. The van der Waals surface area contributed by atoms with Crippen LogP contribution in [0.25, 0.3) is 0 Å². The van der Waals surface area contributed by atoms with Gasteiger partial charge in [-0.3, -0.25) is 4.90 Å². The lowest BCUT2D eigenvalue weighted by molar-refractivity contribution is 0.112. The van der Waals surface area contributed by atoms with Crippen molar-refractivity contribution in [2.24, 2.45) is 11.8 Å². The molecule has 0 aromatic heterocycles. The third-order valence-corrected chi connectivity index (χ3v) is 3.29. The topological polar surface area (TPSA) is 29.5 Å². The van der Waals surface area contributed by atoms with Crippen LogP contribution in [0.1, 0.15) is 6.42 Å². The summed E-state index contributed by atoms with van der Waals surface area (Å²) in [5, 5.41) is 0. The number of hydrogen-bond acceptors (Lipinski definition) is 2. The minimum Gasteiger partial charge on any atom is -0.453 e. The van der Waals surface area contributed by atoms with Gasteiger partial charge in [0.15, 0.2) is 0 Å². The molecule has 12 heavy (non-hydrogen) atoms. The van der Waals surface area contributed by atoms with Crippen molar-refractivity contribution < 1.29 is 9.53 Å². The zero-order valence-corrected chi connectivity index (χ0v) is 6.93. The molecule has 0 aromatic carbocycles. The molecule has 1 saturated carbocycles. The second kappa shape index (κ2) is 1.84. The molecule has 0 spiro atoms. The number of carbonyl (C=O) groups excluding carboxylic acids is 1. The molecule has 1 heterocycles. The van der Waals surface area contributed by atoms with Crippen LogP contribution >= 0.6 is 0 Å². The molecule has 3 heteroatoms. The van der Waals surface area contributed by atoms with Crippen LogP contribution in [0.3, 0.4) is 0 Å². The summed E-state index contributed by atoms with van der Waals surface area (Å²) in [5.74, 6) is 1.40. The summed E-state index contributed by atoms with van der Waals surface area (Å²) in [6, 6.07) is 0.851. The third-order valence-electron chi connectivity index (χ3n) is 3.29. The van der Waals surface area contributed by atoms with Gasteiger partial charge >= 0.3 is 6.09 Å². The molecule has 1 aliphatic heterocycles. The fourth-order valence-corrected chi connectivity index (χ4v) is 2.53. The molecule has 64 valence electrons. The predicted octanol–water partition coefficient (Wildman–Crippen LogP) is 1.01. The number of hydrogen-bond donors (Lipinski definition) is 0. The number of amides is 1. The molecule has 2 aliphatic carbocycles. The van der Waals surface area contributed by atoms with Crippen molar-refractivity contribution in [2.45, 2.75) is 18.5 Å². The Hall–Kier alpha value is -0.990. The third kappa shape index (κ3) is 0.564. The quantitative estimate of drug-likeness (QED) is 0.501. The lowest BCUT2D eigenvalue weighted by Crippen LogP contribution is -2.42. The Kier molecular flexibility index (Phi) is 1.000. The van der Waals surface area contributed by atoms with E-state index in [1.54, 1.807) is 0 Å². The number of likely N-dealkylation sites (tertiary alicyclic amines) is 1. The Morgan fingerprint density at radius 2 is 2.42 bits per heavy atom. The van der Waals surface area contributed by atoms with E-state index in [2.05, 4.69) is 12.2 Å². The summed E-state index contributed by atoms with van der Waals surface area (Å²) in [6.45, 7) is 0. The van der Waals surface area contributed by atoms with E-state index in [0.717, 1.165) is 5.92 Å². The van der Waals surface area contributed by atoms with Crippen LogP contribution in [-0.4, -0.2) is 30.2 Å². The minimum absolute atomic E-state index is 0.153. The highest BCUT2D eigenvalue weighted by Gasteiger charge is 2.61. The molecule has 3 aliphatic rings.